The van der Waals surface area contributed by atoms with E-state index in [4.69, 9.17) is 5.73 Å². The number of nitrogens with zero attached hydrogens (tertiary/aromatic N) is 1. The lowest BCUT2D eigenvalue weighted by Gasteiger charge is -2.18. The van der Waals surface area contributed by atoms with E-state index >= 15 is 0 Å². The standard InChI is InChI=1S/C13H18F2N2O2/c1-9(16)6-7-17(2)12(18)10-4-3-5-11(8-10)19-13(14)15/h3-5,8-9,13H,6-7,16H2,1-2H3. The largest absolute Gasteiger partial charge is 0.435 e. The Labute approximate surface area is 111 Å². The van der Waals surface area contributed by atoms with Gasteiger partial charge in [0.05, 0.1) is 0 Å². The van der Waals surface area contributed by atoms with Gasteiger partial charge < -0.3 is 15.4 Å². The molecule has 0 saturated carbocycles. The zero-order valence-corrected chi connectivity index (χ0v) is 11.0. The number of carbonyl (C=O) groups is 1. The fourth-order valence-electron chi connectivity index (χ4n) is 1.52. The van der Waals surface area contributed by atoms with Crippen molar-refractivity contribution < 1.29 is 18.3 Å². The quantitative estimate of drug-likeness (QED) is 0.862. The van der Waals surface area contributed by atoms with Crippen LogP contribution in [-0.4, -0.2) is 37.1 Å². The van der Waals surface area contributed by atoms with Crippen LogP contribution in [0.4, 0.5) is 8.78 Å². The van der Waals surface area contributed by atoms with Crippen molar-refractivity contribution in [3.8, 4) is 5.75 Å². The van der Waals surface area contributed by atoms with E-state index in [1.165, 1.54) is 23.1 Å². The number of carbonyl (C=O) groups excluding carboxylic acids is 1. The van der Waals surface area contributed by atoms with Crippen molar-refractivity contribution in [2.45, 2.75) is 26.0 Å². The van der Waals surface area contributed by atoms with Crippen molar-refractivity contribution in [1.82, 2.24) is 4.90 Å². The zero-order chi connectivity index (χ0) is 14.4. The van der Waals surface area contributed by atoms with Gasteiger partial charge in [-0.2, -0.15) is 8.78 Å². The Kier molecular flexibility index (Phi) is 5.69. The summed E-state index contributed by atoms with van der Waals surface area (Å²) in [7, 11) is 1.64. The first-order valence-corrected chi connectivity index (χ1v) is 5.96. The second kappa shape index (κ2) is 7.04. The van der Waals surface area contributed by atoms with Crippen molar-refractivity contribution in [1.29, 1.82) is 0 Å². The summed E-state index contributed by atoms with van der Waals surface area (Å²) in [6.07, 6.45) is 0.676. The van der Waals surface area contributed by atoms with Crippen molar-refractivity contribution in [2.75, 3.05) is 13.6 Å². The molecular weight excluding hydrogens is 254 g/mol. The van der Waals surface area contributed by atoms with Gasteiger partial charge in [0.1, 0.15) is 5.75 Å². The Balaban J connectivity index is 2.70. The maximum Gasteiger partial charge on any atom is 0.387 e. The molecule has 0 saturated heterocycles. The Bertz CT molecular complexity index is 425. The fraction of sp³-hybridized carbons (Fsp3) is 0.462. The minimum absolute atomic E-state index is 0.00347. The molecule has 0 fully saturated rings. The van der Waals surface area contributed by atoms with Crippen LogP contribution < -0.4 is 10.5 Å². The summed E-state index contributed by atoms with van der Waals surface area (Å²) in [5.41, 5.74) is 5.93. The molecule has 2 N–H and O–H groups in total. The summed E-state index contributed by atoms with van der Waals surface area (Å²) in [6.45, 7) is -0.535. The SMILES string of the molecule is CC(N)CCN(C)C(=O)c1cccc(OC(F)F)c1. The molecule has 1 amide bonds. The Morgan fingerprint density at radius 1 is 1.47 bits per heavy atom. The Morgan fingerprint density at radius 2 is 2.16 bits per heavy atom. The van der Waals surface area contributed by atoms with Crippen LogP contribution in [0.15, 0.2) is 24.3 Å². The molecule has 0 aliphatic rings. The molecule has 0 spiro atoms. The molecule has 0 aliphatic heterocycles. The number of nitrogens with two attached hydrogens (primary N) is 1. The lowest BCUT2D eigenvalue weighted by molar-refractivity contribution is -0.0499. The summed E-state index contributed by atoms with van der Waals surface area (Å²) < 4.78 is 28.4. The molecule has 1 unspecified atom stereocenters. The maximum absolute atomic E-state index is 12.1. The van der Waals surface area contributed by atoms with Gasteiger partial charge in [-0.3, -0.25) is 4.79 Å². The molecule has 1 aromatic rings. The fourth-order valence-corrected chi connectivity index (χ4v) is 1.52. The molecule has 0 aliphatic carbocycles. The number of halogens is 2. The predicted molar refractivity (Wildman–Crippen MR) is 68.3 cm³/mol. The van der Waals surface area contributed by atoms with E-state index in [2.05, 4.69) is 4.74 Å². The van der Waals surface area contributed by atoms with E-state index in [9.17, 15) is 13.6 Å². The van der Waals surface area contributed by atoms with E-state index in [0.717, 1.165) is 0 Å². The molecule has 0 bridgehead atoms. The maximum atomic E-state index is 12.1. The Hall–Kier alpha value is -1.69. The molecule has 4 nitrogen and oxygen atoms in total. The predicted octanol–water partition coefficient (Wildman–Crippen LogP) is 2.10. The number of alkyl halides is 2. The highest BCUT2D eigenvalue weighted by atomic mass is 19.3. The van der Waals surface area contributed by atoms with Gasteiger partial charge in [-0.05, 0) is 31.5 Å². The molecular formula is C13H18F2N2O2. The van der Waals surface area contributed by atoms with E-state index in [1.54, 1.807) is 13.1 Å². The lowest BCUT2D eigenvalue weighted by Crippen LogP contribution is -2.31. The topological polar surface area (TPSA) is 55.6 Å². The number of amides is 1. The van der Waals surface area contributed by atoms with Crippen LogP contribution in [0.1, 0.15) is 23.7 Å². The zero-order valence-electron chi connectivity index (χ0n) is 11.0. The summed E-state index contributed by atoms with van der Waals surface area (Å²) in [4.78, 5) is 13.5. The van der Waals surface area contributed by atoms with Crippen LogP contribution in [0.25, 0.3) is 0 Å². The Morgan fingerprint density at radius 3 is 2.74 bits per heavy atom. The van der Waals surface area contributed by atoms with Crippen molar-refractivity contribution >= 4 is 5.91 Å². The third-order valence-corrected chi connectivity index (χ3v) is 2.57. The molecule has 19 heavy (non-hydrogen) atoms. The molecule has 0 aromatic heterocycles. The van der Waals surface area contributed by atoms with Crippen molar-refractivity contribution in [2.24, 2.45) is 5.73 Å². The van der Waals surface area contributed by atoms with E-state index in [0.29, 0.717) is 18.5 Å². The average Bonchev–Trinajstić information content (AvgIpc) is 2.34. The summed E-state index contributed by atoms with van der Waals surface area (Å²) in [6, 6.07) is 5.75. The first-order valence-electron chi connectivity index (χ1n) is 5.96. The molecule has 1 atom stereocenters. The van der Waals surface area contributed by atoms with Crippen LogP contribution in [0.3, 0.4) is 0 Å². The van der Waals surface area contributed by atoms with Gasteiger partial charge in [0.2, 0.25) is 0 Å². The average molecular weight is 272 g/mol. The van der Waals surface area contributed by atoms with Gasteiger partial charge in [-0.1, -0.05) is 6.07 Å². The first kappa shape index (κ1) is 15.4. The molecule has 106 valence electrons. The molecule has 1 rings (SSSR count). The van der Waals surface area contributed by atoms with E-state index in [-0.39, 0.29) is 17.7 Å². The second-order valence-electron chi connectivity index (χ2n) is 4.40. The summed E-state index contributed by atoms with van der Waals surface area (Å²) in [5.74, 6) is -0.276. The number of hydrogen-bond acceptors (Lipinski definition) is 3. The number of rotatable bonds is 6. The van der Waals surface area contributed by atoms with Gasteiger partial charge >= 0.3 is 6.61 Å². The van der Waals surface area contributed by atoms with Crippen LogP contribution in [0.5, 0.6) is 5.75 Å². The monoisotopic (exact) mass is 272 g/mol. The van der Waals surface area contributed by atoms with Crippen LogP contribution in [0, 0.1) is 0 Å². The van der Waals surface area contributed by atoms with E-state index < -0.39 is 6.61 Å². The molecule has 0 heterocycles. The van der Waals surface area contributed by atoms with Crippen LogP contribution >= 0.6 is 0 Å². The smallest absolute Gasteiger partial charge is 0.387 e. The third-order valence-electron chi connectivity index (χ3n) is 2.57. The summed E-state index contributed by atoms with van der Waals surface area (Å²) in [5, 5.41) is 0. The number of ether oxygens (including phenoxy) is 1. The van der Waals surface area contributed by atoms with Gasteiger partial charge in [0.25, 0.3) is 5.91 Å². The van der Waals surface area contributed by atoms with Gasteiger partial charge in [-0.15, -0.1) is 0 Å². The molecule has 1 aromatic carbocycles. The van der Waals surface area contributed by atoms with Gasteiger partial charge in [0.15, 0.2) is 0 Å². The van der Waals surface area contributed by atoms with Crippen molar-refractivity contribution in [3.63, 3.8) is 0 Å². The van der Waals surface area contributed by atoms with Crippen LogP contribution in [-0.2, 0) is 0 Å². The number of hydrogen-bond donors (Lipinski definition) is 1. The third kappa shape index (κ3) is 5.21. The van der Waals surface area contributed by atoms with Crippen molar-refractivity contribution in [3.05, 3.63) is 29.8 Å². The van der Waals surface area contributed by atoms with E-state index in [1.807, 2.05) is 6.92 Å². The van der Waals surface area contributed by atoms with Gasteiger partial charge in [-0.25, -0.2) is 0 Å². The highest BCUT2D eigenvalue weighted by Crippen LogP contribution is 2.17. The molecule has 6 heteroatoms. The first-order chi connectivity index (χ1) is 8.90. The summed E-state index contributed by atoms with van der Waals surface area (Å²) >= 11 is 0. The minimum atomic E-state index is -2.90. The normalized spacial score (nSPS) is 12.3. The number of benzene rings is 1. The van der Waals surface area contributed by atoms with Gasteiger partial charge in [0, 0.05) is 25.2 Å². The second-order valence-corrected chi connectivity index (χ2v) is 4.40. The van der Waals surface area contributed by atoms with Crippen LogP contribution in [0.2, 0.25) is 0 Å². The molecule has 0 radical (unpaired) electrons. The lowest BCUT2D eigenvalue weighted by atomic mass is 10.1. The highest BCUT2D eigenvalue weighted by molar-refractivity contribution is 5.94. The highest BCUT2D eigenvalue weighted by Gasteiger charge is 2.13. The minimum Gasteiger partial charge on any atom is -0.435 e.